The number of aromatic nitrogens is 1. The van der Waals surface area contributed by atoms with E-state index in [-0.39, 0.29) is 11.8 Å². The fraction of sp³-hybridized carbons (Fsp3) is 0.500. The van der Waals surface area contributed by atoms with Gasteiger partial charge in [0.15, 0.2) is 0 Å². The second-order valence-electron chi connectivity index (χ2n) is 4.37. The van der Waals surface area contributed by atoms with Crippen LogP contribution in [0, 0.1) is 5.92 Å². The Morgan fingerprint density at radius 3 is 2.93 bits per heavy atom. The van der Waals surface area contributed by atoms with Crippen LogP contribution in [0.2, 0.25) is 0 Å². The lowest BCUT2D eigenvalue weighted by Gasteiger charge is -2.41. The van der Waals surface area contributed by atoms with Gasteiger partial charge in [-0.05, 0) is 36.8 Å². The molecule has 1 amide bonds. The number of nitrogens with zero attached hydrogens (tertiary/aromatic N) is 1. The molecule has 0 spiro atoms. The smallest absolute Gasteiger partial charge is 0.229 e. The van der Waals surface area contributed by atoms with E-state index in [9.17, 15) is 4.79 Å². The van der Waals surface area contributed by atoms with Gasteiger partial charge in [-0.1, -0.05) is 6.92 Å². The molecule has 1 aliphatic carbocycles. The molecular formula is C12H14N2O. The van der Waals surface area contributed by atoms with Crippen molar-refractivity contribution in [3.05, 3.63) is 23.4 Å². The highest BCUT2D eigenvalue weighted by atomic mass is 16.2. The third-order valence-corrected chi connectivity index (χ3v) is 3.68. The number of carbonyl (C=O) groups is 1. The molecule has 1 aromatic rings. The van der Waals surface area contributed by atoms with Crippen molar-refractivity contribution in [3.8, 4) is 0 Å². The molecule has 0 aromatic carbocycles. The van der Waals surface area contributed by atoms with Crippen molar-refractivity contribution in [1.82, 2.24) is 4.98 Å². The topological polar surface area (TPSA) is 42.0 Å². The average Bonchev–Trinajstić information content (AvgIpc) is 2.17. The number of rotatable bonds is 1. The van der Waals surface area contributed by atoms with E-state index in [1.807, 2.05) is 0 Å². The maximum atomic E-state index is 11.7. The summed E-state index contributed by atoms with van der Waals surface area (Å²) in [7, 11) is 0. The molecule has 2 unspecified atom stereocenters. The number of fused-ring (bicyclic) bond motifs is 3. The first-order valence-corrected chi connectivity index (χ1v) is 5.60. The molecule has 2 aliphatic rings. The molecule has 3 heteroatoms. The van der Waals surface area contributed by atoms with E-state index < -0.39 is 0 Å². The zero-order valence-electron chi connectivity index (χ0n) is 8.79. The van der Waals surface area contributed by atoms with Gasteiger partial charge in [-0.2, -0.15) is 0 Å². The molecule has 0 radical (unpaired) electrons. The first-order chi connectivity index (χ1) is 7.31. The minimum absolute atomic E-state index is 0.166. The Bertz CT molecular complexity index is 428. The number of pyridine rings is 1. The molecule has 3 nitrogen and oxygen atoms in total. The molecule has 2 heterocycles. The summed E-state index contributed by atoms with van der Waals surface area (Å²) in [5.74, 6) is 1.63. The van der Waals surface area contributed by atoms with Crippen LogP contribution in [0.5, 0.6) is 0 Å². The summed E-state index contributed by atoms with van der Waals surface area (Å²) in [5.41, 5.74) is 2.64. The van der Waals surface area contributed by atoms with Crippen LogP contribution in [-0.2, 0) is 11.2 Å². The molecule has 78 valence electrons. The van der Waals surface area contributed by atoms with Crippen molar-refractivity contribution in [2.75, 3.05) is 5.32 Å². The van der Waals surface area contributed by atoms with Crippen LogP contribution >= 0.6 is 0 Å². The molecule has 1 N–H and O–H groups in total. The van der Waals surface area contributed by atoms with Gasteiger partial charge in [0.2, 0.25) is 5.91 Å². The number of amides is 1. The van der Waals surface area contributed by atoms with Crippen LogP contribution in [0.1, 0.15) is 36.8 Å². The zero-order chi connectivity index (χ0) is 10.4. The van der Waals surface area contributed by atoms with Gasteiger partial charge >= 0.3 is 0 Å². The molecule has 1 saturated carbocycles. The van der Waals surface area contributed by atoms with Gasteiger partial charge in [-0.25, -0.2) is 4.98 Å². The van der Waals surface area contributed by atoms with Gasteiger partial charge in [0.05, 0.1) is 0 Å². The zero-order valence-corrected chi connectivity index (χ0v) is 8.79. The van der Waals surface area contributed by atoms with Crippen LogP contribution in [0.3, 0.4) is 0 Å². The van der Waals surface area contributed by atoms with Gasteiger partial charge in [0, 0.05) is 17.7 Å². The standard InChI is InChI=1S/C12H14N2O/c1-2-7-5-6-13-11-10(7)8-3-4-9(8)12(15)14-11/h5-6,8-9H,2-4H2,1H3,(H,13,14,15). The van der Waals surface area contributed by atoms with Crippen LogP contribution in [-0.4, -0.2) is 10.9 Å². The quantitative estimate of drug-likeness (QED) is 0.757. The summed E-state index contributed by atoms with van der Waals surface area (Å²) >= 11 is 0. The van der Waals surface area contributed by atoms with Gasteiger partial charge in [0.25, 0.3) is 0 Å². The lowest BCUT2D eigenvalue weighted by molar-refractivity contribution is -0.123. The fourth-order valence-electron chi connectivity index (χ4n) is 2.70. The van der Waals surface area contributed by atoms with E-state index >= 15 is 0 Å². The van der Waals surface area contributed by atoms with Crippen LogP contribution in [0.25, 0.3) is 0 Å². The summed E-state index contributed by atoms with van der Waals surface area (Å²) in [5, 5.41) is 2.92. The summed E-state index contributed by atoms with van der Waals surface area (Å²) in [4.78, 5) is 15.9. The molecule has 1 fully saturated rings. The normalized spacial score (nSPS) is 27.4. The van der Waals surface area contributed by atoms with Gasteiger partial charge in [0.1, 0.15) is 5.82 Å². The van der Waals surface area contributed by atoms with E-state index in [1.165, 1.54) is 11.1 Å². The van der Waals surface area contributed by atoms with E-state index in [1.54, 1.807) is 6.20 Å². The maximum Gasteiger partial charge on any atom is 0.229 e. The minimum Gasteiger partial charge on any atom is -0.310 e. The number of anilines is 1. The van der Waals surface area contributed by atoms with Crippen LogP contribution in [0.15, 0.2) is 12.3 Å². The van der Waals surface area contributed by atoms with Crippen molar-refractivity contribution in [3.63, 3.8) is 0 Å². The third kappa shape index (κ3) is 1.12. The van der Waals surface area contributed by atoms with Crippen molar-refractivity contribution >= 4 is 11.7 Å². The Hall–Kier alpha value is -1.38. The highest BCUT2D eigenvalue weighted by molar-refractivity contribution is 5.96. The molecule has 15 heavy (non-hydrogen) atoms. The Morgan fingerprint density at radius 1 is 1.47 bits per heavy atom. The molecule has 1 aromatic heterocycles. The Balaban J connectivity index is 2.14. The molecule has 2 atom stereocenters. The number of nitrogens with one attached hydrogen (secondary N) is 1. The van der Waals surface area contributed by atoms with Crippen LogP contribution < -0.4 is 5.32 Å². The Kier molecular flexibility index (Phi) is 1.81. The molecule has 0 bridgehead atoms. The highest BCUT2D eigenvalue weighted by Gasteiger charge is 2.43. The van der Waals surface area contributed by atoms with E-state index in [0.717, 1.165) is 25.1 Å². The summed E-state index contributed by atoms with van der Waals surface area (Å²) in [6.45, 7) is 2.15. The molecule has 0 saturated heterocycles. The molecule has 1 aliphatic heterocycles. The number of hydrogen-bond donors (Lipinski definition) is 1. The average molecular weight is 202 g/mol. The SMILES string of the molecule is CCc1ccnc2c1C1CCC1C(=O)N2. The van der Waals surface area contributed by atoms with Crippen LogP contribution in [0.4, 0.5) is 5.82 Å². The predicted octanol–water partition coefficient (Wildman–Crippen LogP) is 2.09. The van der Waals surface area contributed by atoms with Gasteiger partial charge in [-0.3, -0.25) is 4.79 Å². The van der Waals surface area contributed by atoms with E-state index in [4.69, 9.17) is 0 Å². The summed E-state index contributed by atoms with van der Waals surface area (Å²) < 4.78 is 0. The fourth-order valence-corrected chi connectivity index (χ4v) is 2.70. The molecule has 3 rings (SSSR count). The summed E-state index contributed by atoms with van der Waals surface area (Å²) in [6.07, 6.45) is 4.98. The summed E-state index contributed by atoms with van der Waals surface area (Å²) in [6, 6.07) is 2.08. The maximum absolute atomic E-state index is 11.7. The Labute approximate surface area is 88.9 Å². The number of hydrogen-bond acceptors (Lipinski definition) is 2. The first-order valence-electron chi connectivity index (χ1n) is 5.60. The van der Waals surface area contributed by atoms with Crippen molar-refractivity contribution in [1.29, 1.82) is 0 Å². The largest absolute Gasteiger partial charge is 0.310 e. The lowest BCUT2D eigenvalue weighted by Crippen LogP contribution is -2.40. The first kappa shape index (κ1) is 8.89. The van der Waals surface area contributed by atoms with Gasteiger partial charge < -0.3 is 5.32 Å². The van der Waals surface area contributed by atoms with Gasteiger partial charge in [-0.15, -0.1) is 0 Å². The van der Waals surface area contributed by atoms with Crippen molar-refractivity contribution < 1.29 is 4.79 Å². The highest BCUT2D eigenvalue weighted by Crippen LogP contribution is 2.49. The van der Waals surface area contributed by atoms with E-state index in [0.29, 0.717) is 5.92 Å². The Morgan fingerprint density at radius 2 is 2.27 bits per heavy atom. The number of carbonyl (C=O) groups excluding carboxylic acids is 1. The second-order valence-corrected chi connectivity index (χ2v) is 4.37. The van der Waals surface area contributed by atoms with Crippen molar-refractivity contribution in [2.45, 2.75) is 32.1 Å². The number of aryl methyl sites for hydroxylation is 1. The molecular weight excluding hydrogens is 188 g/mol. The third-order valence-electron chi connectivity index (χ3n) is 3.68. The predicted molar refractivity (Wildman–Crippen MR) is 57.7 cm³/mol. The second kappa shape index (κ2) is 3.05. The monoisotopic (exact) mass is 202 g/mol. The lowest BCUT2D eigenvalue weighted by atomic mass is 9.66. The van der Waals surface area contributed by atoms with E-state index in [2.05, 4.69) is 23.3 Å². The van der Waals surface area contributed by atoms with Crippen molar-refractivity contribution in [2.24, 2.45) is 5.92 Å². The minimum atomic E-state index is 0.166.